The number of benzene rings is 1. The first-order chi connectivity index (χ1) is 9.31. The number of alkyl carbamates (subject to hydrolysis) is 1. The van der Waals surface area contributed by atoms with E-state index in [4.69, 9.17) is 10.5 Å². The van der Waals surface area contributed by atoms with Gasteiger partial charge in [0, 0.05) is 6.54 Å². The maximum atomic E-state index is 11.8. The number of nitrogens with two attached hydrogens (primary N) is 1. The van der Waals surface area contributed by atoms with Crippen molar-refractivity contribution in [3.63, 3.8) is 0 Å². The van der Waals surface area contributed by atoms with E-state index in [1.165, 1.54) is 0 Å². The van der Waals surface area contributed by atoms with Crippen molar-refractivity contribution in [1.29, 1.82) is 0 Å². The molecular formula is C15H24N2O3. The van der Waals surface area contributed by atoms with Crippen LogP contribution in [0.25, 0.3) is 0 Å². The topological polar surface area (TPSA) is 84.6 Å². The van der Waals surface area contributed by atoms with Gasteiger partial charge in [-0.15, -0.1) is 0 Å². The first kappa shape index (κ1) is 16.5. The zero-order valence-corrected chi connectivity index (χ0v) is 12.3. The van der Waals surface area contributed by atoms with Crippen molar-refractivity contribution in [1.82, 2.24) is 5.32 Å². The predicted molar refractivity (Wildman–Crippen MR) is 78.4 cm³/mol. The van der Waals surface area contributed by atoms with E-state index in [1.807, 2.05) is 30.3 Å². The minimum absolute atomic E-state index is 0.0767. The number of carbonyl (C=O) groups excluding carboxylic acids is 1. The van der Waals surface area contributed by atoms with Gasteiger partial charge in [-0.1, -0.05) is 30.3 Å². The summed E-state index contributed by atoms with van der Waals surface area (Å²) in [5, 5.41) is 12.6. The van der Waals surface area contributed by atoms with E-state index in [9.17, 15) is 9.90 Å². The fourth-order valence-electron chi connectivity index (χ4n) is 1.77. The Morgan fingerprint density at radius 2 is 1.95 bits per heavy atom. The molecule has 20 heavy (non-hydrogen) atoms. The number of rotatable bonds is 5. The third kappa shape index (κ3) is 6.04. The van der Waals surface area contributed by atoms with Crippen LogP contribution < -0.4 is 11.1 Å². The van der Waals surface area contributed by atoms with Crippen molar-refractivity contribution in [3.8, 4) is 0 Å². The highest BCUT2D eigenvalue weighted by molar-refractivity contribution is 5.68. The molecule has 0 saturated heterocycles. The van der Waals surface area contributed by atoms with Crippen molar-refractivity contribution in [2.75, 3.05) is 6.54 Å². The molecule has 1 amide bonds. The minimum atomic E-state index is -0.817. The standard InChI is InChI=1S/C15H24N2O3/c1-15(2,3)20-14(19)17-12(13(18)10-16)9-11-7-5-4-6-8-11/h4-8,12-13,18H,9-10,16H2,1-3H3,(H,17,19)/t12-,13-/m0/s1. The average molecular weight is 280 g/mol. The van der Waals surface area contributed by atoms with E-state index >= 15 is 0 Å². The van der Waals surface area contributed by atoms with Crippen molar-refractivity contribution in [2.45, 2.75) is 44.9 Å². The monoisotopic (exact) mass is 280 g/mol. The van der Waals surface area contributed by atoms with Crippen LogP contribution in [0.5, 0.6) is 0 Å². The molecule has 4 N–H and O–H groups in total. The molecule has 0 spiro atoms. The number of hydrogen-bond acceptors (Lipinski definition) is 4. The fourth-order valence-corrected chi connectivity index (χ4v) is 1.77. The van der Waals surface area contributed by atoms with E-state index < -0.39 is 23.8 Å². The van der Waals surface area contributed by atoms with E-state index in [1.54, 1.807) is 20.8 Å². The molecule has 5 nitrogen and oxygen atoms in total. The Labute approximate surface area is 120 Å². The smallest absolute Gasteiger partial charge is 0.407 e. The maximum absolute atomic E-state index is 11.8. The summed E-state index contributed by atoms with van der Waals surface area (Å²) in [5.41, 5.74) is 5.93. The number of carbonyl (C=O) groups is 1. The third-order valence-corrected chi connectivity index (χ3v) is 2.71. The van der Waals surface area contributed by atoms with Crippen LogP contribution in [-0.4, -0.2) is 35.5 Å². The summed E-state index contributed by atoms with van der Waals surface area (Å²) in [6.07, 6.45) is -0.869. The highest BCUT2D eigenvalue weighted by Gasteiger charge is 2.24. The average Bonchev–Trinajstić information content (AvgIpc) is 2.36. The number of aliphatic hydroxyl groups excluding tert-OH is 1. The Morgan fingerprint density at radius 1 is 1.35 bits per heavy atom. The van der Waals surface area contributed by atoms with Crippen molar-refractivity contribution in [2.24, 2.45) is 5.73 Å². The molecule has 0 heterocycles. The summed E-state index contributed by atoms with van der Waals surface area (Å²) < 4.78 is 5.20. The van der Waals surface area contributed by atoms with Gasteiger partial charge in [0.2, 0.25) is 0 Å². The normalized spacial score (nSPS) is 14.4. The van der Waals surface area contributed by atoms with Crippen molar-refractivity contribution >= 4 is 6.09 Å². The second-order valence-electron chi connectivity index (χ2n) is 5.75. The molecule has 0 bridgehead atoms. The van der Waals surface area contributed by atoms with E-state index in [0.29, 0.717) is 6.42 Å². The summed E-state index contributed by atoms with van der Waals surface area (Å²) in [7, 11) is 0. The van der Waals surface area contributed by atoms with Gasteiger partial charge in [-0.3, -0.25) is 0 Å². The van der Waals surface area contributed by atoms with Crippen LogP contribution in [0.1, 0.15) is 26.3 Å². The lowest BCUT2D eigenvalue weighted by Crippen LogP contribution is -2.49. The molecule has 112 valence electrons. The van der Waals surface area contributed by atoms with Gasteiger partial charge in [0.05, 0.1) is 12.1 Å². The van der Waals surface area contributed by atoms with Gasteiger partial charge in [-0.25, -0.2) is 4.79 Å². The molecule has 1 aromatic carbocycles. The number of aliphatic hydroxyl groups is 1. The summed E-state index contributed by atoms with van der Waals surface area (Å²) in [5.74, 6) is 0. The largest absolute Gasteiger partial charge is 0.444 e. The summed E-state index contributed by atoms with van der Waals surface area (Å²) in [4.78, 5) is 11.8. The molecule has 0 aromatic heterocycles. The molecule has 1 aromatic rings. The first-order valence-electron chi connectivity index (χ1n) is 6.73. The SMILES string of the molecule is CC(C)(C)OC(=O)N[C@@H](Cc1ccccc1)[C@@H](O)CN. The predicted octanol–water partition coefficient (Wildman–Crippen LogP) is 1.44. The number of hydrogen-bond donors (Lipinski definition) is 3. The van der Waals surface area contributed by atoms with Crippen LogP contribution in [0.2, 0.25) is 0 Å². The van der Waals surface area contributed by atoms with Gasteiger partial charge in [-0.2, -0.15) is 0 Å². The van der Waals surface area contributed by atoms with Crippen LogP contribution in [-0.2, 0) is 11.2 Å². The lowest BCUT2D eigenvalue weighted by Gasteiger charge is -2.26. The highest BCUT2D eigenvalue weighted by atomic mass is 16.6. The summed E-state index contributed by atoms with van der Waals surface area (Å²) in [6, 6.07) is 9.14. The van der Waals surface area contributed by atoms with Gasteiger partial charge in [0.1, 0.15) is 5.60 Å². The quantitative estimate of drug-likeness (QED) is 0.762. The van der Waals surface area contributed by atoms with Crippen molar-refractivity contribution in [3.05, 3.63) is 35.9 Å². The molecule has 0 fully saturated rings. The maximum Gasteiger partial charge on any atom is 0.407 e. The Kier molecular flexibility index (Phi) is 5.98. The number of ether oxygens (including phenoxy) is 1. The Bertz CT molecular complexity index is 415. The molecule has 1 rings (SSSR count). The lowest BCUT2D eigenvalue weighted by molar-refractivity contribution is 0.0430. The highest BCUT2D eigenvalue weighted by Crippen LogP contribution is 2.10. The molecule has 2 atom stereocenters. The second-order valence-corrected chi connectivity index (χ2v) is 5.75. The van der Waals surface area contributed by atoms with Gasteiger partial charge >= 0.3 is 6.09 Å². The minimum Gasteiger partial charge on any atom is -0.444 e. The number of nitrogens with one attached hydrogen (secondary N) is 1. The van der Waals surface area contributed by atoms with Crippen LogP contribution in [0.15, 0.2) is 30.3 Å². The molecule has 0 radical (unpaired) electrons. The molecule has 0 aliphatic rings. The Balaban J connectivity index is 2.68. The van der Waals surface area contributed by atoms with E-state index in [0.717, 1.165) is 5.56 Å². The summed E-state index contributed by atoms with van der Waals surface area (Å²) in [6.45, 7) is 5.45. The zero-order valence-electron chi connectivity index (χ0n) is 12.3. The molecular weight excluding hydrogens is 256 g/mol. The van der Waals surface area contributed by atoms with Gasteiger partial charge in [0.25, 0.3) is 0 Å². The van der Waals surface area contributed by atoms with E-state index in [-0.39, 0.29) is 6.54 Å². The van der Waals surface area contributed by atoms with Gasteiger partial charge in [0.15, 0.2) is 0 Å². The Morgan fingerprint density at radius 3 is 2.45 bits per heavy atom. The fraction of sp³-hybridized carbons (Fsp3) is 0.533. The lowest BCUT2D eigenvalue weighted by atomic mass is 10.0. The van der Waals surface area contributed by atoms with Gasteiger partial charge < -0.3 is 20.9 Å². The Hall–Kier alpha value is -1.59. The van der Waals surface area contributed by atoms with Crippen molar-refractivity contribution < 1.29 is 14.6 Å². The molecule has 0 saturated carbocycles. The molecule has 0 aliphatic heterocycles. The molecule has 0 unspecified atom stereocenters. The third-order valence-electron chi connectivity index (χ3n) is 2.71. The number of amides is 1. The van der Waals surface area contributed by atoms with Crippen LogP contribution >= 0.6 is 0 Å². The summed E-state index contributed by atoms with van der Waals surface area (Å²) >= 11 is 0. The molecule has 5 heteroatoms. The molecule has 0 aliphatic carbocycles. The van der Waals surface area contributed by atoms with Crippen LogP contribution in [0.3, 0.4) is 0 Å². The van der Waals surface area contributed by atoms with Crippen LogP contribution in [0, 0.1) is 0 Å². The first-order valence-corrected chi connectivity index (χ1v) is 6.73. The second kappa shape index (κ2) is 7.26. The van der Waals surface area contributed by atoms with Gasteiger partial charge in [-0.05, 0) is 32.8 Å². The van der Waals surface area contributed by atoms with E-state index in [2.05, 4.69) is 5.32 Å². The zero-order chi connectivity index (χ0) is 15.2. The van der Waals surface area contributed by atoms with Crippen LogP contribution in [0.4, 0.5) is 4.79 Å².